The van der Waals surface area contributed by atoms with Gasteiger partial charge in [-0.05, 0) is 0 Å². The Kier molecular flexibility index (Phi) is 7.82. The molecule has 0 heterocycles. The summed E-state index contributed by atoms with van der Waals surface area (Å²) in [6.45, 7) is 4.42. The van der Waals surface area contributed by atoms with Crippen molar-refractivity contribution in [2.24, 2.45) is 0 Å². The van der Waals surface area contributed by atoms with E-state index in [9.17, 15) is 0 Å². The Morgan fingerprint density at radius 2 is 1.17 bits per heavy atom. The van der Waals surface area contributed by atoms with E-state index >= 15 is 0 Å². The number of hydrogen-bond acceptors (Lipinski definition) is 0. The molecule has 2 aromatic rings. The molecule has 0 fully saturated rings. The van der Waals surface area contributed by atoms with Gasteiger partial charge in [-0.2, -0.15) is 0 Å². The van der Waals surface area contributed by atoms with E-state index in [0.29, 0.717) is 0 Å². The molecular weight excluding hydrogens is 512 g/mol. The Morgan fingerprint density at radius 3 is 1.55 bits per heavy atom. The molecule has 0 aliphatic heterocycles. The first-order valence-electron chi connectivity index (χ1n) is 10.2. The normalized spacial score (nSPS) is 15.2. The van der Waals surface area contributed by atoms with Crippen molar-refractivity contribution >= 4 is 33.5 Å². The predicted molar refractivity (Wildman–Crippen MR) is 128 cm³/mol. The molecule has 4 rings (SSSR count). The van der Waals surface area contributed by atoms with Crippen LogP contribution in [-0.2, 0) is 18.6 Å². The molecule has 0 saturated carbocycles. The van der Waals surface area contributed by atoms with Gasteiger partial charge in [0.2, 0.25) is 0 Å². The fraction of sp³-hybridized carbons (Fsp3) is 0.231. The number of rotatable bonds is 4. The zero-order valence-electron chi connectivity index (χ0n) is 17.8. The van der Waals surface area contributed by atoms with Crippen LogP contribution in [0.1, 0.15) is 35.1 Å². The third-order valence-electron chi connectivity index (χ3n) is 5.62. The molecule has 0 unspecified atom stereocenters. The fourth-order valence-corrected chi connectivity index (χ4v) is 33.2. The van der Waals surface area contributed by atoms with Crippen LogP contribution in [0.15, 0.2) is 79.4 Å². The van der Waals surface area contributed by atoms with E-state index < -0.39 is 28.6 Å². The second-order valence-corrected chi connectivity index (χ2v) is 36.1. The van der Waals surface area contributed by atoms with Gasteiger partial charge in [0.1, 0.15) is 0 Å². The molecule has 0 amide bonds. The van der Waals surface area contributed by atoms with Gasteiger partial charge in [-0.25, -0.2) is 0 Å². The Bertz CT molecular complexity index is 1010. The maximum Gasteiger partial charge on any atom is -0.147 e. The van der Waals surface area contributed by atoms with Gasteiger partial charge >= 0.3 is 180 Å². The van der Waals surface area contributed by atoms with Crippen molar-refractivity contribution in [3.05, 3.63) is 102 Å². The van der Waals surface area contributed by atoms with Gasteiger partial charge in [0.15, 0.2) is 0 Å². The van der Waals surface area contributed by atoms with E-state index in [2.05, 4.69) is 98.2 Å². The molecular formula is C26H29ClGeZr. The standard InChI is InChI=1S/2C12H11.C2H6Ge.ClH.Zr/c2*1-10-5-4-8-12(9-10)11-6-2-3-7-11;1-3-2;;/h2*2,4-6,8-9H,3H2,1H3;1-2H3;1H;. The largest absolute Gasteiger partial charge is 0.147 e. The van der Waals surface area contributed by atoms with Gasteiger partial charge in [-0.3, -0.25) is 0 Å². The summed E-state index contributed by atoms with van der Waals surface area (Å²) in [6, 6.07) is 18.2. The third kappa shape index (κ3) is 4.89. The molecule has 2 aromatic carbocycles. The number of halogens is 1. The van der Waals surface area contributed by atoms with Gasteiger partial charge in [0.25, 0.3) is 0 Å². The van der Waals surface area contributed by atoms with Gasteiger partial charge in [-0.1, -0.05) is 0 Å². The summed E-state index contributed by atoms with van der Waals surface area (Å²) in [5.41, 5.74) is 8.72. The summed E-state index contributed by atoms with van der Waals surface area (Å²) >= 11 is -1.82. The van der Waals surface area contributed by atoms with Crippen LogP contribution >= 0.6 is 12.4 Å². The molecule has 148 valence electrons. The van der Waals surface area contributed by atoms with E-state index in [4.69, 9.17) is 0 Å². The minimum absolute atomic E-state index is 0. The number of aryl methyl sites for hydroxylation is 2. The van der Waals surface area contributed by atoms with Crippen molar-refractivity contribution in [1.82, 2.24) is 0 Å². The summed E-state index contributed by atoms with van der Waals surface area (Å²) in [5, 5.41) is 0. The van der Waals surface area contributed by atoms with Crippen molar-refractivity contribution in [2.45, 2.75) is 38.2 Å². The van der Waals surface area contributed by atoms with Crippen LogP contribution in [0.5, 0.6) is 0 Å². The van der Waals surface area contributed by atoms with E-state index in [1.807, 2.05) is 6.56 Å². The molecule has 29 heavy (non-hydrogen) atoms. The Labute approximate surface area is 190 Å². The second kappa shape index (κ2) is 9.95. The first kappa shape index (κ1) is 22.8. The summed E-state index contributed by atoms with van der Waals surface area (Å²) < 4.78 is 3.72. The molecule has 0 saturated heterocycles. The number of hydrogen-bond donors (Lipinski definition) is 0. The van der Waals surface area contributed by atoms with Crippen molar-refractivity contribution in [3.63, 3.8) is 0 Å². The minimum atomic E-state index is -1.82. The Hall–Kier alpha value is -0.884. The monoisotopic (exact) mass is 540 g/mol. The van der Waals surface area contributed by atoms with Crippen molar-refractivity contribution in [1.29, 1.82) is 0 Å². The molecule has 0 bridgehead atoms. The van der Waals surface area contributed by atoms with Crippen LogP contribution < -0.4 is 0 Å². The smallest absolute Gasteiger partial charge is 0.147 e. The summed E-state index contributed by atoms with van der Waals surface area (Å²) in [6.07, 6.45) is 12.1. The first-order chi connectivity index (χ1) is 13.5. The zero-order valence-corrected chi connectivity index (χ0v) is 23.1. The van der Waals surface area contributed by atoms with Crippen LogP contribution in [-0.4, -0.2) is 9.98 Å². The Balaban J connectivity index is 0.00000240. The maximum absolute atomic E-state index is 2.63. The van der Waals surface area contributed by atoms with Crippen molar-refractivity contribution in [3.8, 4) is 0 Å². The summed E-state index contributed by atoms with van der Waals surface area (Å²) in [7, 11) is -1.04. The third-order valence-corrected chi connectivity index (χ3v) is 33.3. The van der Waals surface area contributed by atoms with Gasteiger partial charge in [0.05, 0.1) is 0 Å². The first-order valence-corrected chi connectivity index (χ1v) is 24.2. The average molecular weight is 541 g/mol. The van der Waals surface area contributed by atoms with E-state index in [0.717, 1.165) is 0 Å². The van der Waals surface area contributed by atoms with Gasteiger partial charge < -0.3 is 0 Å². The number of allylic oxidation sites excluding steroid dienone is 8. The molecule has 0 radical (unpaired) electrons. The molecule has 2 aliphatic rings. The number of benzene rings is 2. The molecule has 3 heteroatoms. The molecule has 0 atom stereocenters. The SMILES string of the molecule is Cc1cccc(C2=[C]([Zr]([C]3=C(c4cccc(C)c4)C=CC3)=[Ge]([CH3])[CH3])CC=C2)c1.Cl. The van der Waals surface area contributed by atoms with E-state index in [1.165, 1.54) is 35.1 Å². The molecule has 2 aliphatic carbocycles. The van der Waals surface area contributed by atoms with Crippen LogP contribution in [0.3, 0.4) is 0 Å². The quantitative estimate of drug-likeness (QED) is 0.350. The van der Waals surface area contributed by atoms with E-state index in [-0.39, 0.29) is 12.4 Å². The molecule has 0 nitrogen and oxygen atoms in total. The van der Waals surface area contributed by atoms with Crippen LogP contribution in [0.2, 0.25) is 11.5 Å². The molecule has 0 aromatic heterocycles. The minimum Gasteiger partial charge on any atom is -0.147 e. The van der Waals surface area contributed by atoms with Crippen LogP contribution in [0, 0.1) is 13.8 Å². The maximum atomic E-state index is 2.63. The molecule has 0 N–H and O–H groups in total. The second-order valence-electron chi connectivity index (χ2n) is 8.11. The van der Waals surface area contributed by atoms with Gasteiger partial charge in [0, 0.05) is 0 Å². The van der Waals surface area contributed by atoms with Crippen molar-refractivity contribution < 1.29 is 18.6 Å². The molecule has 0 spiro atoms. The van der Waals surface area contributed by atoms with E-state index in [1.54, 1.807) is 11.1 Å². The predicted octanol–water partition coefficient (Wildman–Crippen LogP) is 7.64. The topological polar surface area (TPSA) is 0 Å². The van der Waals surface area contributed by atoms with Gasteiger partial charge in [-0.15, -0.1) is 12.4 Å². The average Bonchev–Trinajstić information content (AvgIpc) is 3.32. The zero-order chi connectivity index (χ0) is 19.7. The summed E-state index contributed by atoms with van der Waals surface area (Å²) in [4.78, 5) is 0. The fourth-order valence-electron chi connectivity index (χ4n) is 4.44. The summed E-state index contributed by atoms with van der Waals surface area (Å²) in [5.74, 6) is 5.26. The Morgan fingerprint density at radius 1 is 0.724 bits per heavy atom. The van der Waals surface area contributed by atoms with Crippen LogP contribution in [0.25, 0.3) is 11.1 Å². The van der Waals surface area contributed by atoms with Crippen molar-refractivity contribution in [2.75, 3.05) is 0 Å². The van der Waals surface area contributed by atoms with Crippen LogP contribution in [0.4, 0.5) is 0 Å².